The minimum Gasteiger partial charge on any atom is -0.493 e. The summed E-state index contributed by atoms with van der Waals surface area (Å²) in [5.41, 5.74) is 2.43. The summed E-state index contributed by atoms with van der Waals surface area (Å²) in [6, 6.07) is 6.46. The summed E-state index contributed by atoms with van der Waals surface area (Å²) in [5.74, 6) is 2.62. The highest BCUT2D eigenvalue weighted by Gasteiger charge is 2.22. The number of ether oxygens (including phenoxy) is 1. The van der Waals surface area contributed by atoms with Crippen LogP contribution in [-0.2, 0) is 6.54 Å². The molecule has 162 valence electrons. The fraction of sp³-hybridized carbons (Fsp3) is 0.696. The summed E-state index contributed by atoms with van der Waals surface area (Å²) < 4.78 is 6.08. The number of rotatable bonds is 9. The first-order chi connectivity index (χ1) is 14.1. The molecule has 0 radical (unpaired) electrons. The van der Waals surface area contributed by atoms with E-state index in [4.69, 9.17) is 4.74 Å². The molecule has 1 heterocycles. The van der Waals surface area contributed by atoms with Gasteiger partial charge in [-0.25, -0.2) is 0 Å². The second-order valence-corrected chi connectivity index (χ2v) is 8.57. The van der Waals surface area contributed by atoms with Gasteiger partial charge >= 0.3 is 0 Å². The molecule has 1 aromatic rings. The Morgan fingerprint density at radius 2 is 2.03 bits per heavy atom. The van der Waals surface area contributed by atoms with Crippen LogP contribution in [0, 0.1) is 12.8 Å². The highest BCUT2D eigenvalue weighted by atomic mass is 16.5. The van der Waals surface area contributed by atoms with Crippen LogP contribution in [0.25, 0.3) is 0 Å². The Labute approximate surface area is 176 Å². The lowest BCUT2D eigenvalue weighted by atomic mass is 10.1. The third-order valence-corrected chi connectivity index (χ3v) is 5.82. The third-order valence-electron chi connectivity index (χ3n) is 5.82. The van der Waals surface area contributed by atoms with Crippen LogP contribution < -0.4 is 15.4 Å². The first-order valence-electron chi connectivity index (χ1n) is 11.2. The zero-order valence-corrected chi connectivity index (χ0v) is 18.5. The summed E-state index contributed by atoms with van der Waals surface area (Å²) in [6.07, 6.45) is 5.02. The predicted molar refractivity (Wildman–Crippen MR) is 121 cm³/mol. The van der Waals surface area contributed by atoms with E-state index in [-0.39, 0.29) is 0 Å². The molecule has 0 spiro atoms. The normalized spacial score (nSPS) is 19.1. The third kappa shape index (κ3) is 7.86. The molecule has 1 aliphatic carbocycles. The molecular weight excluding hydrogens is 362 g/mol. The molecule has 0 bridgehead atoms. The van der Waals surface area contributed by atoms with Crippen molar-refractivity contribution in [2.24, 2.45) is 10.9 Å². The van der Waals surface area contributed by atoms with Gasteiger partial charge in [0.25, 0.3) is 0 Å². The number of likely N-dealkylation sites (N-methyl/N-ethyl adjacent to an activating group) is 1. The van der Waals surface area contributed by atoms with E-state index >= 15 is 0 Å². The van der Waals surface area contributed by atoms with Gasteiger partial charge in [-0.3, -0.25) is 4.99 Å². The lowest BCUT2D eigenvalue weighted by Crippen LogP contribution is -2.38. The van der Waals surface area contributed by atoms with Gasteiger partial charge in [0.2, 0.25) is 0 Å². The standard InChI is InChI=1S/C23H39N5O/c1-19-6-9-21(22(16-19)29-18-20-7-8-20)17-26-23(24-2)25-10-4-12-28-13-5-11-27(3)14-15-28/h6,9,16,20H,4-5,7-8,10-15,17-18H2,1-3H3,(H2,24,25,26). The number of hydrogen-bond acceptors (Lipinski definition) is 4. The van der Waals surface area contributed by atoms with Crippen molar-refractivity contribution in [3.63, 3.8) is 0 Å². The quantitative estimate of drug-likeness (QED) is 0.378. The largest absolute Gasteiger partial charge is 0.493 e. The first kappa shape index (κ1) is 21.9. The van der Waals surface area contributed by atoms with Crippen molar-refractivity contribution in [1.29, 1.82) is 0 Å². The maximum absolute atomic E-state index is 6.08. The monoisotopic (exact) mass is 401 g/mol. The number of nitrogens with one attached hydrogen (secondary N) is 2. The number of aliphatic imine (C=N–C) groups is 1. The Kier molecular flexibility index (Phi) is 8.62. The number of hydrogen-bond donors (Lipinski definition) is 2. The fourth-order valence-electron chi connectivity index (χ4n) is 3.67. The van der Waals surface area contributed by atoms with Crippen LogP contribution in [0.4, 0.5) is 0 Å². The summed E-state index contributed by atoms with van der Waals surface area (Å²) in [4.78, 5) is 9.39. The highest BCUT2D eigenvalue weighted by Crippen LogP contribution is 2.30. The minimum absolute atomic E-state index is 0.721. The van der Waals surface area contributed by atoms with Gasteiger partial charge in [0.15, 0.2) is 5.96 Å². The molecule has 1 saturated carbocycles. The van der Waals surface area contributed by atoms with E-state index < -0.39 is 0 Å². The predicted octanol–water partition coefficient (Wildman–Crippen LogP) is 2.48. The van der Waals surface area contributed by atoms with Gasteiger partial charge in [0, 0.05) is 38.8 Å². The molecule has 6 nitrogen and oxygen atoms in total. The number of nitrogens with zero attached hydrogens (tertiary/aromatic N) is 3. The van der Waals surface area contributed by atoms with Crippen LogP contribution in [-0.4, -0.2) is 75.7 Å². The van der Waals surface area contributed by atoms with Crippen LogP contribution in [0.3, 0.4) is 0 Å². The lowest BCUT2D eigenvalue weighted by molar-refractivity contribution is 0.274. The average molecular weight is 402 g/mol. The van der Waals surface area contributed by atoms with E-state index in [9.17, 15) is 0 Å². The number of benzene rings is 1. The smallest absolute Gasteiger partial charge is 0.191 e. The molecule has 1 aromatic carbocycles. The van der Waals surface area contributed by atoms with Crippen molar-refractivity contribution < 1.29 is 4.74 Å². The molecule has 0 unspecified atom stereocenters. The van der Waals surface area contributed by atoms with E-state index in [2.05, 4.69) is 57.6 Å². The summed E-state index contributed by atoms with van der Waals surface area (Å²) in [7, 11) is 4.05. The van der Waals surface area contributed by atoms with Gasteiger partial charge in [-0.05, 0) is 76.8 Å². The molecule has 2 fully saturated rings. The summed E-state index contributed by atoms with van der Waals surface area (Å²) >= 11 is 0. The van der Waals surface area contributed by atoms with E-state index in [1.807, 2.05) is 7.05 Å². The SMILES string of the molecule is CN=C(NCCCN1CCCN(C)CC1)NCc1ccc(C)cc1OCC1CC1. The molecule has 0 amide bonds. The van der Waals surface area contributed by atoms with Gasteiger partial charge in [0.1, 0.15) is 5.75 Å². The van der Waals surface area contributed by atoms with Crippen LogP contribution in [0.1, 0.15) is 36.8 Å². The Hall–Kier alpha value is -1.79. The Balaban J connectivity index is 1.38. The van der Waals surface area contributed by atoms with Crippen molar-refractivity contribution in [1.82, 2.24) is 20.4 Å². The van der Waals surface area contributed by atoms with Crippen LogP contribution in [0.2, 0.25) is 0 Å². The zero-order chi connectivity index (χ0) is 20.5. The molecular formula is C23H39N5O. The number of guanidine groups is 1. The Bertz CT molecular complexity index is 659. The van der Waals surface area contributed by atoms with E-state index in [0.717, 1.165) is 50.3 Å². The molecule has 29 heavy (non-hydrogen) atoms. The molecule has 3 rings (SSSR count). The van der Waals surface area contributed by atoms with Crippen molar-refractivity contribution in [3.8, 4) is 5.75 Å². The van der Waals surface area contributed by atoms with Crippen molar-refractivity contribution in [2.75, 3.05) is 60.0 Å². The minimum atomic E-state index is 0.721. The molecule has 1 saturated heterocycles. The van der Waals surface area contributed by atoms with Crippen molar-refractivity contribution >= 4 is 5.96 Å². The van der Waals surface area contributed by atoms with Gasteiger partial charge in [-0.15, -0.1) is 0 Å². The maximum atomic E-state index is 6.08. The van der Waals surface area contributed by atoms with E-state index in [1.165, 1.54) is 56.6 Å². The van der Waals surface area contributed by atoms with Crippen LogP contribution in [0.5, 0.6) is 5.75 Å². The van der Waals surface area contributed by atoms with Gasteiger partial charge in [-0.1, -0.05) is 12.1 Å². The molecule has 6 heteroatoms. The Morgan fingerprint density at radius 3 is 2.83 bits per heavy atom. The van der Waals surface area contributed by atoms with Crippen molar-refractivity contribution in [3.05, 3.63) is 29.3 Å². The van der Waals surface area contributed by atoms with Crippen LogP contribution in [0.15, 0.2) is 23.2 Å². The number of aryl methyl sites for hydroxylation is 1. The second kappa shape index (κ2) is 11.4. The Morgan fingerprint density at radius 1 is 1.17 bits per heavy atom. The summed E-state index contributed by atoms with van der Waals surface area (Å²) in [6.45, 7) is 10.6. The highest BCUT2D eigenvalue weighted by molar-refractivity contribution is 5.79. The lowest BCUT2D eigenvalue weighted by Gasteiger charge is -2.20. The van der Waals surface area contributed by atoms with Crippen LogP contribution >= 0.6 is 0 Å². The van der Waals surface area contributed by atoms with E-state index in [0.29, 0.717) is 0 Å². The molecule has 2 aliphatic rings. The molecule has 1 aliphatic heterocycles. The zero-order valence-electron chi connectivity index (χ0n) is 18.5. The molecule has 0 atom stereocenters. The molecule has 0 aromatic heterocycles. The van der Waals surface area contributed by atoms with Crippen molar-refractivity contribution in [2.45, 2.75) is 39.2 Å². The first-order valence-corrected chi connectivity index (χ1v) is 11.2. The molecule has 2 N–H and O–H groups in total. The van der Waals surface area contributed by atoms with Gasteiger partial charge in [-0.2, -0.15) is 0 Å². The fourth-order valence-corrected chi connectivity index (χ4v) is 3.67. The maximum Gasteiger partial charge on any atom is 0.191 e. The van der Waals surface area contributed by atoms with E-state index in [1.54, 1.807) is 0 Å². The second-order valence-electron chi connectivity index (χ2n) is 8.57. The summed E-state index contributed by atoms with van der Waals surface area (Å²) in [5, 5.41) is 6.90. The van der Waals surface area contributed by atoms with Gasteiger partial charge < -0.3 is 25.2 Å². The topological polar surface area (TPSA) is 52.1 Å². The average Bonchev–Trinajstić information content (AvgIpc) is 3.55. The van der Waals surface area contributed by atoms with Gasteiger partial charge in [0.05, 0.1) is 6.61 Å².